The molecule has 11 nitrogen and oxygen atoms in total. The third-order valence-corrected chi connectivity index (χ3v) is 7.48. The summed E-state index contributed by atoms with van der Waals surface area (Å²) in [6.45, 7) is 1.24. The highest BCUT2D eigenvalue weighted by Gasteiger charge is 2.50. The Hall–Kier alpha value is -4.61. The van der Waals surface area contributed by atoms with E-state index in [1.165, 1.54) is 21.3 Å². The average Bonchev–Trinajstić information content (AvgIpc) is 3.59. The minimum Gasteiger partial charge on any atom is -0.497 e. The van der Waals surface area contributed by atoms with Crippen LogP contribution in [0, 0.1) is 0 Å². The largest absolute Gasteiger partial charge is 0.497 e. The molecule has 2 heterocycles. The van der Waals surface area contributed by atoms with Gasteiger partial charge < -0.3 is 47.9 Å². The normalized spacial score (nSPS) is 17.1. The quantitative estimate of drug-likeness (QED) is 0.223. The lowest BCUT2D eigenvalue weighted by atomic mass is 9.87. The van der Waals surface area contributed by atoms with Gasteiger partial charge in [-0.15, -0.1) is 0 Å². The molecule has 234 valence electrons. The Morgan fingerprint density at radius 3 is 2.25 bits per heavy atom. The molecule has 11 heteroatoms. The molecule has 0 spiro atoms. The van der Waals surface area contributed by atoms with Crippen LogP contribution in [0.3, 0.4) is 0 Å². The van der Waals surface area contributed by atoms with Gasteiger partial charge in [-0.05, 0) is 68.0 Å². The van der Waals surface area contributed by atoms with Crippen molar-refractivity contribution in [1.29, 1.82) is 0 Å². The number of esters is 1. The van der Waals surface area contributed by atoms with Crippen LogP contribution < -0.4 is 33.2 Å². The van der Waals surface area contributed by atoms with E-state index in [9.17, 15) is 9.90 Å². The van der Waals surface area contributed by atoms with Crippen LogP contribution in [0.2, 0.25) is 0 Å². The molecule has 2 aliphatic rings. The summed E-state index contributed by atoms with van der Waals surface area (Å²) in [5.41, 5.74) is 1.91. The van der Waals surface area contributed by atoms with Crippen LogP contribution in [0.1, 0.15) is 23.1 Å². The number of fused-ring (bicyclic) bond motifs is 1. The Morgan fingerprint density at radius 2 is 1.59 bits per heavy atom. The van der Waals surface area contributed by atoms with Gasteiger partial charge in [0.25, 0.3) is 5.79 Å². The van der Waals surface area contributed by atoms with Crippen molar-refractivity contribution in [2.24, 2.45) is 0 Å². The van der Waals surface area contributed by atoms with Crippen LogP contribution in [0.4, 0.5) is 0 Å². The lowest BCUT2D eigenvalue weighted by molar-refractivity contribution is -0.185. The third-order valence-electron chi connectivity index (χ3n) is 7.48. The highest BCUT2D eigenvalue weighted by molar-refractivity contribution is 6.20. The molecule has 0 saturated heterocycles. The first kappa shape index (κ1) is 30.8. The fraction of sp³-hybridized carbons (Fsp3) is 0.364. The number of hydrogen-bond acceptors (Lipinski definition) is 11. The molecule has 0 aromatic heterocycles. The number of cyclic esters (lactones) is 1. The van der Waals surface area contributed by atoms with Crippen molar-refractivity contribution >= 4 is 11.5 Å². The van der Waals surface area contributed by atoms with Gasteiger partial charge in [-0.1, -0.05) is 6.07 Å². The Bertz CT molecular complexity index is 1540. The number of carbonyl (C=O) groups excluding carboxylic acids is 1. The van der Waals surface area contributed by atoms with Gasteiger partial charge in [-0.3, -0.25) is 0 Å². The summed E-state index contributed by atoms with van der Waals surface area (Å²) in [6, 6.07) is 13.7. The van der Waals surface area contributed by atoms with Crippen LogP contribution in [0.25, 0.3) is 5.57 Å². The van der Waals surface area contributed by atoms with E-state index in [0.29, 0.717) is 63.6 Å². The minimum atomic E-state index is -2.19. The summed E-state index contributed by atoms with van der Waals surface area (Å²) in [5.74, 6) is 0.273. The smallest absolute Gasteiger partial charge is 0.342 e. The van der Waals surface area contributed by atoms with E-state index in [0.717, 1.165) is 13.0 Å². The van der Waals surface area contributed by atoms with Gasteiger partial charge >= 0.3 is 5.97 Å². The Morgan fingerprint density at radius 1 is 0.864 bits per heavy atom. The maximum Gasteiger partial charge on any atom is 0.342 e. The van der Waals surface area contributed by atoms with Gasteiger partial charge in [-0.25, -0.2) is 4.79 Å². The molecule has 0 aliphatic carbocycles. The summed E-state index contributed by atoms with van der Waals surface area (Å²) in [5, 5.41) is 12.4. The molecule has 0 amide bonds. The van der Waals surface area contributed by atoms with Crippen LogP contribution in [-0.2, 0) is 21.7 Å². The second-order valence-electron chi connectivity index (χ2n) is 10.5. The third kappa shape index (κ3) is 5.93. The van der Waals surface area contributed by atoms with E-state index >= 15 is 0 Å². The van der Waals surface area contributed by atoms with Gasteiger partial charge in [0.15, 0.2) is 23.0 Å². The van der Waals surface area contributed by atoms with E-state index < -0.39 is 11.8 Å². The van der Waals surface area contributed by atoms with Gasteiger partial charge in [-0.2, -0.15) is 0 Å². The Labute approximate surface area is 256 Å². The monoisotopic (exact) mass is 607 g/mol. The van der Waals surface area contributed by atoms with E-state index in [1.807, 2.05) is 14.1 Å². The van der Waals surface area contributed by atoms with Crippen LogP contribution in [0.15, 0.2) is 54.1 Å². The molecule has 1 N–H and O–H groups in total. The molecule has 3 aromatic rings. The van der Waals surface area contributed by atoms with Gasteiger partial charge in [0.2, 0.25) is 12.5 Å². The zero-order chi connectivity index (χ0) is 31.4. The van der Waals surface area contributed by atoms with Crippen molar-refractivity contribution in [2.45, 2.75) is 18.6 Å². The molecule has 0 unspecified atom stereocenters. The molecule has 0 saturated carbocycles. The molecular formula is C33H37NO10. The number of nitrogens with zero attached hydrogens (tertiary/aromatic N) is 1. The number of aliphatic hydroxyl groups is 1. The maximum absolute atomic E-state index is 13.7. The van der Waals surface area contributed by atoms with Crippen molar-refractivity contribution in [2.75, 3.05) is 62.5 Å². The molecule has 0 radical (unpaired) electrons. The summed E-state index contributed by atoms with van der Waals surface area (Å²) in [6.07, 6.45) is 0.813. The first-order chi connectivity index (χ1) is 21.2. The fourth-order valence-electron chi connectivity index (χ4n) is 5.34. The molecular weight excluding hydrogens is 570 g/mol. The number of carbonyl (C=O) groups is 1. The van der Waals surface area contributed by atoms with Crippen LogP contribution in [0.5, 0.6) is 40.2 Å². The van der Waals surface area contributed by atoms with Gasteiger partial charge in [0.1, 0.15) is 11.5 Å². The first-order valence-corrected chi connectivity index (χ1v) is 14.1. The SMILES string of the molecule is COc1ccc([C@]2(O)OC(=O)C(c3ccc4c(c3)OCO4)=C2Cc2cc(OC)c(OC)c(OC)c2)c(OCCCN(C)C)c1. The summed E-state index contributed by atoms with van der Waals surface area (Å²) < 4.78 is 45.2. The molecule has 0 bridgehead atoms. The predicted molar refractivity (Wildman–Crippen MR) is 161 cm³/mol. The second kappa shape index (κ2) is 12.9. The summed E-state index contributed by atoms with van der Waals surface area (Å²) in [4.78, 5) is 15.8. The van der Waals surface area contributed by atoms with E-state index in [1.54, 1.807) is 55.6 Å². The zero-order valence-electron chi connectivity index (χ0n) is 25.7. The molecule has 1 atom stereocenters. The summed E-state index contributed by atoms with van der Waals surface area (Å²) in [7, 11) is 10.1. The predicted octanol–water partition coefficient (Wildman–Crippen LogP) is 4.18. The lowest BCUT2D eigenvalue weighted by Gasteiger charge is -2.28. The van der Waals surface area contributed by atoms with Gasteiger partial charge in [0, 0.05) is 24.6 Å². The lowest BCUT2D eigenvalue weighted by Crippen LogP contribution is -2.30. The van der Waals surface area contributed by atoms with E-state index in [-0.39, 0.29) is 24.4 Å². The molecule has 2 aliphatic heterocycles. The Balaban J connectivity index is 1.67. The van der Waals surface area contributed by atoms with E-state index in [4.69, 9.17) is 37.9 Å². The number of ether oxygens (including phenoxy) is 8. The van der Waals surface area contributed by atoms with Crippen LogP contribution >= 0.6 is 0 Å². The highest BCUT2D eigenvalue weighted by Crippen LogP contribution is 2.50. The zero-order valence-corrected chi connectivity index (χ0v) is 25.7. The molecule has 44 heavy (non-hydrogen) atoms. The summed E-state index contributed by atoms with van der Waals surface area (Å²) >= 11 is 0. The van der Waals surface area contributed by atoms with E-state index in [2.05, 4.69) is 4.90 Å². The maximum atomic E-state index is 13.7. The van der Waals surface area contributed by atoms with Crippen molar-refractivity contribution < 1.29 is 47.8 Å². The number of methoxy groups -OCH3 is 4. The van der Waals surface area contributed by atoms with Crippen molar-refractivity contribution in [1.82, 2.24) is 4.90 Å². The van der Waals surface area contributed by atoms with Crippen molar-refractivity contribution in [3.8, 4) is 40.2 Å². The minimum absolute atomic E-state index is 0.0743. The number of rotatable bonds is 13. The molecule has 5 rings (SSSR count). The number of benzene rings is 3. The van der Waals surface area contributed by atoms with Crippen LogP contribution in [-0.4, -0.2) is 78.5 Å². The first-order valence-electron chi connectivity index (χ1n) is 14.1. The number of hydrogen-bond donors (Lipinski definition) is 1. The van der Waals surface area contributed by atoms with Gasteiger partial charge in [0.05, 0.1) is 46.2 Å². The Kier molecular flexibility index (Phi) is 9.07. The molecule has 3 aromatic carbocycles. The average molecular weight is 608 g/mol. The fourth-order valence-corrected chi connectivity index (χ4v) is 5.34. The van der Waals surface area contributed by atoms with Crippen molar-refractivity contribution in [3.63, 3.8) is 0 Å². The van der Waals surface area contributed by atoms with Crippen molar-refractivity contribution in [3.05, 3.63) is 70.8 Å². The topological polar surface area (TPSA) is 114 Å². The highest BCUT2D eigenvalue weighted by atomic mass is 16.7. The standard InChI is InChI=1S/C33H37NO10/c1-34(2)12-7-13-41-26-18-22(37-3)9-10-23(26)33(36)24(14-20-15-28(38-4)31(40-6)29(16-20)39-5)30(32(35)44-33)21-8-11-25-27(17-21)43-19-42-25/h8-11,15-18,36H,7,12-14,19H2,1-6H3/t33-/m0/s1. The second-order valence-corrected chi connectivity index (χ2v) is 10.5. The molecule has 0 fully saturated rings.